The molecule has 5 heteroatoms. The molecule has 0 saturated carbocycles. The number of rotatable bonds is 6. The molecule has 0 heterocycles. The van der Waals surface area contributed by atoms with Crippen molar-refractivity contribution in [2.75, 3.05) is 6.61 Å². The van der Waals surface area contributed by atoms with Gasteiger partial charge in [-0.15, -0.1) is 0 Å². The SMILES string of the molecule is CCCC(=O)COS(=O)(=O)c1c(C)c(C)cc(C)c1C. The molecule has 1 rings (SSSR count). The van der Waals surface area contributed by atoms with Crippen LogP contribution >= 0.6 is 0 Å². The van der Waals surface area contributed by atoms with Crippen LogP contribution in [0.1, 0.15) is 42.0 Å². The summed E-state index contributed by atoms with van der Waals surface area (Å²) in [4.78, 5) is 11.6. The molecule has 0 aliphatic carbocycles. The average molecular weight is 298 g/mol. The van der Waals surface area contributed by atoms with Gasteiger partial charge in [0.1, 0.15) is 11.5 Å². The molecule has 0 saturated heterocycles. The Morgan fingerprint density at radius 3 is 2.05 bits per heavy atom. The summed E-state index contributed by atoms with van der Waals surface area (Å²) in [6.45, 7) is 8.72. The fourth-order valence-corrected chi connectivity index (χ4v) is 3.59. The predicted molar refractivity (Wildman–Crippen MR) is 78.4 cm³/mol. The minimum Gasteiger partial charge on any atom is -0.297 e. The number of hydrogen-bond donors (Lipinski definition) is 0. The van der Waals surface area contributed by atoms with Gasteiger partial charge in [-0.3, -0.25) is 8.98 Å². The van der Waals surface area contributed by atoms with E-state index in [4.69, 9.17) is 4.18 Å². The molecule has 0 radical (unpaired) electrons. The van der Waals surface area contributed by atoms with Crippen molar-refractivity contribution in [3.8, 4) is 0 Å². The van der Waals surface area contributed by atoms with Gasteiger partial charge < -0.3 is 0 Å². The summed E-state index contributed by atoms with van der Waals surface area (Å²) in [6, 6.07) is 1.95. The molecule has 0 fully saturated rings. The molecule has 0 aromatic heterocycles. The lowest BCUT2D eigenvalue weighted by atomic mass is 10.0. The number of aryl methyl sites for hydroxylation is 2. The highest BCUT2D eigenvalue weighted by Crippen LogP contribution is 2.27. The maximum atomic E-state index is 12.3. The van der Waals surface area contributed by atoms with Gasteiger partial charge in [0, 0.05) is 6.42 Å². The van der Waals surface area contributed by atoms with Crippen LogP contribution in [-0.2, 0) is 19.1 Å². The van der Waals surface area contributed by atoms with Gasteiger partial charge in [-0.1, -0.05) is 13.0 Å². The lowest BCUT2D eigenvalue weighted by Gasteiger charge is -2.15. The fraction of sp³-hybridized carbons (Fsp3) is 0.533. The molecule has 1 aromatic carbocycles. The van der Waals surface area contributed by atoms with Gasteiger partial charge in [-0.2, -0.15) is 8.42 Å². The number of hydrogen-bond acceptors (Lipinski definition) is 4. The zero-order chi connectivity index (χ0) is 15.5. The number of ketones is 1. The van der Waals surface area contributed by atoms with Gasteiger partial charge in [-0.25, -0.2) is 0 Å². The lowest BCUT2D eigenvalue weighted by molar-refractivity contribution is -0.121. The van der Waals surface area contributed by atoms with Crippen LogP contribution < -0.4 is 0 Å². The van der Waals surface area contributed by atoms with Crippen LogP contribution in [0.15, 0.2) is 11.0 Å². The van der Waals surface area contributed by atoms with Gasteiger partial charge >= 0.3 is 0 Å². The van der Waals surface area contributed by atoms with Crippen LogP contribution in [0.3, 0.4) is 0 Å². The molecule has 0 amide bonds. The third-order valence-corrected chi connectivity index (χ3v) is 4.99. The van der Waals surface area contributed by atoms with E-state index in [0.29, 0.717) is 24.0 Å². The quantitative estimate of drug-likeness (QED) is 0.757. The fourth-order valence-electron chi connectivity index (χ4n) is 2.11. The molecule has 1 aromatic rings. The molecule has 0 bridgehead atoms. The first kappa shape index (κ1) is 16.9. The molecule has 0 atom stereocenters. The van der Waals surface area contributed by atoms with Crippen LogP contribution in [0.2, 0.25) is 0 Å². The summed E-state index contributed by atoms with van der Waals surface area (Å²) in [6.07, 6.45) is 1.02. The van der Waals surface area contributed by atoms with Crippen molar-refractivity contribution in [1.29, 1.82) is 0 Å². The summed E-state index contributed by atoms with van der Waals surface area (Å²) in [7, 11) is -3.90. The molecule has 0 spiro atoms. The first-order valence-electron chi connectivity index (χ1n) is 6.69. The summed E-state index contributed by atoms with van der Waals surface area (Å²) in [5.74, 6) is -0.198. The minimum atomic E-state index is -3.90. The maximum absolute atomic E-state index is 12.3. The molecule has 112 valence electrons. The van der Waals surface area contributed by atoms with E-state index in [1.54, 1.807) is 13.8 Å². The van der Waals surface area contributed by atoms with Crippen molar-refractivity contribution in [3.63, 3.8) is 0 Å². The van der Waals surface area contributed by atoms with Crippen LogP contribution in [0.5, 0.6) is 0 Å². The second-order valence-corrected chi connectivity index (χ2v) is 6.65. The zero-order valence-corrected chi connectivity index (χ0v) is 13.6. The Kier molecular flexibility index (Phi) is 5.48. The normalized spacial score (nSPS) is 11.7. The van der Waals surface area contributed by atoms with Gasteiger partial charge in [0.2, 0.25) is 0 Å². The predicted octanol–water partition coefficient (Wildman–Crippen LogP) is 2.99. The molecule has 0 N–H and O–H groups in total. The number of Topliss-reactive ketones (excluding diaryl/α,β-unsaturated/α-hetero) is 1. The summed E-state index contributed by atoms with van der Waals surface area (Å²) in [5, 5.41) is 0. The van der Waals surface area contributed by atoms with Gasteiger partial charge in [0.15, 0.2) is 5.78 Å². The van der Waals surface area contributed by atoms with E-state index in [9.17, 15) is 13.2 Å². The van der Waals surface area contributed by atoms with Gasteiger partial charge in [0.05, 0.1) is 0 Å². The van der Waals surface area contributed by atoms with Crippen LogP contribution in [0.25, 0.3) is 0 Å². The van der Waals surface area contributed by atoms with Crippen LogP contribution in [-0.4, -0.2) is 20.8 Å². The summed E-state index contributed by atoms with van der Waals surface area (Å²) in [5.41, 5.74) is 3.15. The molecule has 4 nitrogen and oxygen atoms in total. The van der Waals surface area contributed by atoms with Gasteiger partial charge in [-0.05, 0) is 56.4 Å². The summed E-state index contributed by atoms with van der Waals surface area (Å²) < 4.78 is 29.5. The Morgan fingerprint density at radius 1 is 1.10 bits per heavy atom. The van der Waals surface area contributed by atoms with E-state index in [-0.39, 0.29) is 17.3 Å². The Bertz CT molecular complexity index is 589. The maximum Gasteiger partial charge on any atom is 0.297 e. The van der Waals surface area contributed by atoms with Crippen molar-refractivity contribution in [3.05, 3.63) is 28.3 Å². The number of benzene rings is 1. The largest absolute Gasteiger partial charge is 0.297 e. The third kappa shape index (κ3) is 3.67. The summed E-state index contributed by atoms with van der Waals surface area (Å²) >= 11 is 0. The first-order chi connectivity index (χ1) is 9.20. The van der Waals surface area contributed by atoms with Crippen molar-refractivity contribution < 1.29 is 17.4 Å². The van der Waals surface area contributed by atoms with Crippen LogP contribution in [0.4, 0.5) is 0 Å². The zero-order valence-electron chi connectivity index (χ0n) is 12.7. The second kappa shape index (κ2) is 6.50. The van der Waals surface area contributed by atoms with E-state index in [2.05, 4.69) is 0 Å². The molecular weight excluding hydrogens is 276 g/mol. The molecule has 20 heavy (non-hydrogen) atoms. The Morgan fingerprint density at radius 2 is 1.60 bits per heavy atom. The van der Waals surface area contributed by atoms with E-state index < -0.39 is 10.1 Å². The highest BCUT2D eigenvalue weighted by molar-refractivity contribution is 7.86. The van der Waals surface area contributed by atoms with Crippen molar-refractivity contribution in [1.82, 2.24) is 0 Å². The van der Waals surface area contributed by atoms with Crippen molar-refractivity contribution in [2.45, 2.75) is 52.4 Å². The highest BCUT2D eigenvalue weighted by Gasteiger charge is 2.23. The van der Waals surface area contributed by atoms with E-state index in [1.807, 2.05) is 26.8 Å². The van der Waals surface area contributed by atoms with Gasteiger partial charge in [0.25, 0.3) is 10.1 Å². The Balaban J connectivity index is 3.14. The Hall–Kier alpha value is -1.20. The third-order valence-electron chi connectivity index (χ3n) is 3.45. The minimum absolute atomic E-state index is 0.194. The molecule has 0 aliphatic rings. The number of carbonyl (C=O) groups is 1. The van der Waals surface area contributed by atoms with E-state index >= 15 is 0 Å². The standard InChI is InChI=1S/C15H22O4S/c1-6-7-14(16)9-19-20(17,18)15-12(4)10(2)8-11(3)13(15)5/h8H,6-7,9H2,1-5H3. The smallest absolute Gasteiger partial charge is 0.297 e. The topological polar surface area (TPSA) is 60.4 Å². The Labute approximate surface area is 121 Å². The molecular formula is C15H22O4S. The monoisotopic (exact) mass is 298 g/mol. The lowest BCUT2D eigenvalue weighted by Crippen LogP contribution is -2.17. The highest BCUT2D eigenvalue weighted by atomic mass is 32.2. The van der Waals surface area contributed by atoms with Crippen LogP contribution in [0, 0.1) is 27.7 Å². The molecule has 0 aliphatic heterocycles. The first-order valence-corrected chi connectivity index (χ1v) is 8.10. The average Bonchev–Trinajstić information content (AvgIpc) is 2.35. The number of carbonyl (C=O) groups excluding carboxylic acids is 1. The second-order valence-electron chi connectivity index (χ2n) is 5.09. The van der Waals surface area contributed by atoms with E-state index in [1.165, 1.54) is 0 Å². The molecule has 0 unspecified atom stereocenters. The van der Waals surface area contributed by atoms with Crippen molar-refractivity contribution in [2.24, 2.45) is 0 Å². The van der Waals surface area contributed by atoms with Crippen molar-refractivity contribution >= 4 is 15.9 Å². The van der Waals surface area contributed by atoms with E-state index in [0.717, 1.165) is 11.1 Å².